The van der Waals surface area contributed by atoms with E-state index in [4.69, 9.17) is 4.74 Å². The highest BCUT2D eigenvalue weighted by molar-refractivity contribution is 9.10. The number of anilines is 2. The topological polar surface area (TPSA) is 67.4 Å². The molecule has 2 aromatic rings. The van der Waals surface area contributed by atoms with Gasteiger partial charge in [-0.2, -0.15) is 0 Å². The Morgan fingerprint density at radius 3 is 2.88 bits per heavy atom. The molecule has 6 heteroatoms. The summed E-state index contributed by atoms with van der Waals surface area (Å²) in [5, 5.41) is 5.84. The first-order valence-electron chi connectivity index (χ1n) is 8.50. The quantitative estimate of drug-likeness (QED) is 0.763. The molecule has 0 bridgehead atoms. The van der Waals surface area contributed by atoms with E-state index >= 15 is 0 Å². The second-order valence-corrected chi connectivity index (χ2v) is 7.35. The van der Waals surface area contributed by atoms with Gasteiger partial charge in [-0.1, -0.05) is 34.1 Å². The summed E-state index contributed by atoms with van der Waals surface area (Å²) in [5.74, 6) is 0.271. The van der Waals surface area contributed by atoms with Crippen LogP contribution in [0.25, 0.3) is 0 Å². The molecule has 1 atom stereocenters. The zero-order chi connectivity index (χ0) is 18.7. The summed E-state index contributed by atoms with van der Waals surface area (Å²) in [6.45, 7) is 1.91. The third-order valence-corrected chi connectivity index (χ3v) is 5.04. The van der Waals surface area contributed by atoms with Gasteiger partial charge in [-0.05, 0) is 49.1 Å². The van der Waals surface area contributed by atoms with Gasteiger partial charge in [0.15, 0.2) is 0 Å². The van der Waals surface area contributed by atoms with Gasteiger partial charge in [0.1, 0.15) is 5.75 Å². The molecule has 0 spiro atoms. The molecule has 5 nitrogen and oxygen atoms in total. The van der Waals surface area contributed by atoms with E-state index in [1.807, 2.05) is 43.3 Å². The van der Waals surface area contributed by atoms with Crippen LogP contribution in [0, 0.1) is 12.8 Å². The number of nitrogens with one attached hydrogen (secondary N) is 2. The maximum atomic E-state index is 12.4. The van der Waals surface area contributed by atoms with Crippen molar-refractivity contribution < 1.29 is 14.3 Å². The Labute approximate surface area is 161 Å². The highest BCUT2D eigenvalue weighted by Gasteiger charge is 2.26. The molecular weight excluding hydrogens is 396 g/mol. The zero-order valence-corrected chi connectivity index (χ0v) is 16.4. The Hall–Kier alpha value is -2.34. The number of para-hydroxylation sites is 1. The number of hydrogen-bond acceptors (Lipinski definition) is 3. The molecule has 0 saturated heterocycles. The normalized spacial score (nSPS) is 15.8. The van der Waals surface area contributed by atoms with E-state index in [1.165, 1.54) is 0 Å². The summed E-state index contributed by atoms with van der Waals surface area (Å²) in [6, 6.07) is 11.5. The zero-order valence-electron chi connectivity index (χ0n) is 14.8. The molecule has 2 amide bonds. The lowest BCUT2D eigenvalue weighted by atomic mass is 9.89. The molecule has 1 aliphatic rings. The van der Waals surface area contributed by atoms with Crippen LogP contribution in [0.5, 0.6) is 5.75 Å². The van der Waals surface area contributed by atoms with Gasteiger partial charge >= 0.3 is 0 Å². The molecule has 1 aliphatic heterocycles. The van der Waals surface area contributed by atoms with Crippen LogP contribution in [0.4, 0.5) is 11.4 Å². The smallest absolute Gasteiger partial charge is 0.227 e. The Morgan fingerprint density at radius 2 is 2.12 bits per heavy atom. The number of hydrogen-bond donors (Lipinski definition) is 2. The molecule has 2 N–H and O–H groups in total. The van der Waals surface area contributed by atoms with Gasteiger partial charge in [-0.15, -0.1) is 0 Å². The molecule has 0 radical (unpaired) electrons. The van der Waals surface area contributed by atoms with Crippen LogP contribution in [-0.4, -0.2) is 18.9 Å². The number of aryl methyl sites for hydroxylation is 1. The average Bonchev–Trinajstić information content (AvgIpc) is 2.61. The third-order valence-electron chi connectivity index (χ3n) is 4.58. The Balaban J connectivity index is 1.63. The minimum atomic E-state index is -0.191. The third kappa shape index (κ3) is 4.07. The molecule has 0 fully saturated rings. The van der Waals surface area contributed by atoms with Crippen LogP contribution in [0.1, 0.15) is 24.0 Å². The Bertz CT molecular complexity index is 851. The summed E-state index contributed by atoms with van der Waals surface area (Å²) in [5.41, 5.74) is 3.56. The minimum Gasteiger partial charge on any atom is -0.495 e. The standard InChI is InChI=1S/C20H21BrN2O3/c1-12-9-15(21)11-17(26-2)19(12)23-18(24)8-7-14-10-13-5-3-4-6-16(13)22-20(14)25/h3-6,9,11,14H,7-8,10H2,1-2H3,(H,22,25)(H,23,24). The molecular formula is C20H21BrN2O3. The number of carbonyl (C=O) groups excluding carboxylic acids is 2. The van der Waals surface area contributed by atoms with Gasteiger partial charge in [-0.25, -0.2) is 0 Å². The highest BCUT2D eigenvalue weighted by Crippen LogP contribution is 2.32. The van der Waals surface area contributed by atoms with Crippen LogP contribution < -0.4 is 15.4 Å². The monoisotopic (exact) mass is 416 g/mol. The number of benzene rings is 2. The average molecular weight is 417 g/mol. The number of rotatable bonds is 5. The predicted octanol–water partition coefficient (Wildman–Crippen LogP) is 4.30. The largest absolute Gasteiger partial charge is 0.495 e. The number of halogens is 1. The number of fused-ring (bicyclic) bond motifs is 1. The summed E-state index contributed by atoms with van der Waals surface area (Å²) >= 11 is 3.42. The molecule has 2 aromatic carbocycles. The van der Waals surface area contributed by atoms with Crippen molar-refractivity contribution in [3.63, 3.8) is 0 Å². The lowest BCUT2D eigenvalue weighted by molar-refractivity contribution is -0.121. The molecule has 1 heterocycles. The molecule has 0 aliphatic carbocycles. The van der Waals surface area contributed by atoms with E-state index in [0.717, 1.165) is 21.3 Å². The molecule has 1 unspecified atom stereocenters. The fraction of sp³-hybridized carbons (Fsp3) is 0.300. The van der Waals surface area contributed by atoms with Crippen LogP contribution in [0.15, 0.2) is 40.9 Å². The SMILES string of the molecule is COc1cc(Br)cc(C)c1NC(=O)CCC1Cc2ccccc2NC1=O. The molecule has 136 valence electrons. The summed E-state index contributed by atoms with van der Waals surface area (Å²) in [7, 11) is 1.57. The van der Waals surface area contributed by atoms with E-state index in [2.05, 4.69) is 26.6 Å². The lowest BCUT2D eigenvalue weighted by Crippen LogP contribution is -2.30. The van der Waals surface area contributed by atoms with E-state index in [0.29, 0.717) is 24.3 Å². The number of ether oxygens (including phenoxy) is 1. The fourth-order valence-corrected chi connectivity index (χ4v) is 3.74. The maximum Gasteiger partial charge on any atom is 0.227 e. The Morgan fingerprint density at radius 1 is 1.35 bits per heavy atom. The van der Waals surface area contributed by atoms with Crippen molar-refractivity contribution in [2.45, 2.75) is 26.2 Å². The summed E-state index contributed by atoms with van der Waals surface area (Å²) in [6.07, 6.45) is 1.44. The lowest BCUT2D eigenvalue weighted by Gasteiger charge is -2.24. The van der Waals surface area contributed by atoms with Crippen LogP contribution in [0.2, 0.25) is 0 Å². The van der Waals surface area contributed by atoms with Crippen molar-refractivity contribution in [1.82, 2.24) is 0 Å². The summed E-state index contributed by atoms with van der Waals surface area (Å²) in [4.78, 5) is 24.7. The van der Waals surface area contributed by atoms with Crippen molar-refractivity contribution in [3.05, 3.63) is 52.0 Å². The van der Waals surface area contributed by atoms with Gasteiger partial charge < -0.3 is 15.4 Å². The van der Waals surface area contributed by atoms with Gasteiger partial charge in [0.2, 0.25) is 11.8 Å². The minimum absolute atomic E-state index is 0.0195. The highest BCUT2D eigenvalue weighted by atomic mass is 79.9. The Kier molecular flexibility index (Phi) is 5.61. The number of methoxy groups -OCH3 is 1. The van der Waals surface area contributed by atoms with Crippen molar-refractivity contribution >= 4 is 39.1 Å². The molecule has 0 aromatic heterocycles. The number of carbonyl (C=O) groups is 2. The van der Waals surface area contributed by atoms with Crippen LogP contribution >= 0.6 is 15.9 Å². The molecule has 0 saturated carbocycles. The van der Waals surface area contributed by atoms with Crippen LogP contribution in [0.3, 0.4) is 0 Å². The summed E-state index contributed by atoms with van der Waals surface area (Å²) < 4.78 is 6.24. The van der Waals surface area contributed by atoms with Crippen molar-refractivity contribution in [2.24, 2.45) is 5.92 Å². The molecule has 26 heavy (non-hydrogen) atoms. The first kappa shape index (κ1) is 18.5. The second kappa shape index (κ2) is 7.91. The first-order valence-corrected chi connectivity index (χ1v) is 9.30. The predicted molar refractivity (Wildman–Crippen MR) is 106 cm³/mol. The van der Waals surface area contributed by atoms with E-state index in [9.17, 15) is 9.59 Å². The van der Waals surface area contributed by atoms with Crippen molar-refractivity contribution in [2.75, 3.05) is 17.7 Å². The van der Waals surface area contributed by atoms with Gasteiger partial charge in [0.05, 0.1) is 12.8 Å². The van der Waals surface area contributed by atoms with E-state index < -0.39 is 0 Å². The maximum absolute atomic E-state index is 12.4. The fourth-order valence-electron chi connectivity index (χ4n) is 3.19. The first-order chi connectivity index (χ1) is 12.5. The van der Waals surface area contributed by atoms with Crippen LogP contribution in [-0.2, 0) is 16.0 Å². The molecule has 3 rings (SSSR count). The van der Waals surface area contributed by atoms with E-state index in [-0.39, 0.29) is 24.2 Å². The van der Waals surface area contributed by atoms with Gasteiger partial charge in [-0.3, -0.25) is 9.59 Å². The number of amides is 2. The van der Waals surface area contributed by atoms with Crippen molar-refractivity contribution in [1.29, 1.82) is 0 Å². The van der Waals surface area contributed by atoms with E-state index in [1.54, 1.807) is 7.11 Å². The van der Waals surface area contributed by atoms with Gasteiger partial charge in [0.25, 0.3) is 0 Å². The second-order valence-electron chi connectivity index (χ2n) is 6.43. The van der Waals surface area contributed by atoms with Gasteiger partial charge in [0, 0.05) is 22.5 Å². The van der Waals surface area contributed by atoms with Crippen molar-refractivity contribution in [3.8, 4) is 5.75 Å².